The average Bonchev–Trinajstić information content (AvgIpc) is 2.85. The Morgan fingerprint density at radius 3 is 2.94 bits per heavy atom. The molecule has 0 radical (unpaired) electrons. The van der Waals surface area contributed by atoms with E-state index in [9.17, 15) is 0 Å². The van der Waals surface area contributed by atoms with Crippen LogP contribution in [-0.2, 0) is 6.42 Å². The van der Waals surface area contributed by atoms with Gasteiger partial charge in [0, 0.05) is 29.9 Å². The summed E-state index contributed by atoms with van der Waals surface area (Å²) in [5, 5.41) is 0.972. The molecule has 90 valence electrons. The molecule has 2 heterocycles. The van der Waals surface area contributed by atoms with Gasteiger partial charge in [-0.1, -0.05) is 6.92 Å². The fourth-order valence-corrected chi connectivity index (χ4v) is 2.04. The molecule has 3 aromatic rings. The number of nitrogen functional groups attached to an aromatic ring is 1. The summed E-state index contributed by atoms with van der Waals surface area (Å²) in [4.78, 5) is 12.9. The minimum atomic E-state index is 0.702. The van der Waals surface area contributed by atoms with Gasteiger partial charge >= 0.3 is 0 Å². The molecule has 1 aromatic carbocycles. The summed E-state index contributed by atoms with van der Waals surface area (Å²) in [6.07, 6.45) is 6.10. The predicted octanol–water partition coefficient (Wildman–Crippen LogP) is 1.96. The van der Waals surface area contributed by atoms with Gasteiger partial charge in [0.2, 0.25) is 0 Å². The molecule has 5 heteroatoms. The van der Waals surface area contributed by atoms with Crippen molar-refractivity contribution >= 4 is 16.6 Å². The maximum Gasteiger partial charge on any atom is 0.149 e. The number of imidazole rings is 1. The van der Waals surface area contributed by atoms with Crippen molar-refractivity contribution in [3.63, 3.8) is 0 Å². The third kappa shape index (κ3) is 1.60. The first-order valence-electron chi connectivity index (χ1n) is 5.82. The third-order valence-corrected chi connectivity index (χ3v) is 2.90. The Balaban J connectivity index is 2.29. The number of aromatic nitrogens is 4. The molecule has 0 spiro atoms. The summed E-state index contributed by atoms with van der Waals surface area (Å²) < 4.78 is 1.99. The van der Waals surface area contributed by atoms with Crippen molar-refractivity contribution in [2.75, 3.05) is 5.73 Å². The van der Waals surface area contributed by atoms with Crippen LogP contribution in [-0.4, -0.2) is 19.5 Å². The van der Waals surface area contributed by atoms with Crippen molar-refractivity contribution in [1.82, 2.24) is 19.5 Å². The molecule has 0 amide bonds. The summed E-state index contributed by atoms with van der Waals surface area (Å²) in [5.41, 5.74) is 7.31. The van der Waals surface area contributed by atoms with Crippen LogP contribution >= 0.6 is 0 Å². The number of nitrogens with zero attached hydrogens (tertiary/aromatic N) is 4. The first-order valence-corrected chi connectivity index (χ1v) is 5.82. The van der Waals surface area contributed by atoms with Crippen molar-refractivity contribution in [3.05, 3.63) is 42.7 Å². The molecule has 0 saturated heterocycles. The predicted molar refractivity (Wildman–Crippen MR) is 70.5 cm³/mol. The second-order valence-electron chi connectivity index (χ2n) is 4.04. The van der Waals surface area contributed by atoms with Crippen molar-refractivity contribution in [3.8, 4) is 5.82 Å². The zero-order valence-corrected chi connectivity index (χ0v) is 10.0. The molecule has 18 heavy (non-hydrogen) atoms. The van der Waals surface area contributed by atoms with Crippen LogP contribution < -0.4 is 5.73 Å². The third-order valence-electron chi connectivity index (χ3n) is 2.90. The highest BCUT2D eigenvalue weighted by Crippen LogP contribution is 2.21. The van der Waals surface area contributed by atoms with Crippen LogP contribution in [0.4, 0.5) is 5.69 Å². The van der Waals surface area contributed by atoms with Crippen LogP contribution in [0.5, 0.6) is 0 Å². The zero-order chi connectivity index (χ0) is 12.5. The molecule has 0 unspecified atom stereocenters. The first kappa shape index (κ1) is 10.7. The van der Waals surface area contributed by atoms with Gasteiger partial charge in [0.05, 0.1) is 5.52 Å². The van der Waals surface area contributed by atoms with Gasteiger partial charge in [-0.3, -0.25) is 4.57 Å². The highest BCUT2D eigenvalue weighted by Gasteiger charge is 2.09. The van der Waals surface area contributed by atoms with Gasteiger partial charge < -0.3 is 5.73 Å². The largest absolute Gasteiger partial charge is 0.399 e. The van der Waals surface area contributed by atoms with Gasteiger partial charge in [0.1, 0.15) is 18.0 Å². The Labute approximate surface area is 104 Å². The van der Waals surface area contributed by atoms with Gasteiger partial charge in [0.15, 0.2) is 0 Å². The van der Waals surface area contributed by atoms with Crippen LogP contribution in [0, 0.1) is 0 Å². The quantitative estimate of drug-likeness (QED) is 0.694. The van der Waals surface area contributed by atoms with Crippen molar-refractivity contribution in [2.24, 2.45) is 0 Å². The number of rotatable bonds is 2. The topological polar surface area (TPSA) is 69.6 Å². The Morgan fingerprint density at radius 1 is 1.22 bits per heavy atom. The van der Waals surface area contributed by atoms with Crippen LogP contribution in [0.2, 0.25) is 0 Å². The Morgan fingerprint density at radius 2 is 2.11 bits per heavy atom. The van der Waals surface area contributed by atoms with E-state index in [1.54, 1.807) is 12.5 Å². The second-order valence-corrected chi connectivity index (χ2v) is 4.04. The lowest BCUT2D eigenvalue weighted by atomic mass is 10.2. The molecule has 0 fully saturated rings. The Kier molecular flexibility index (Phi) is 2.44. The molecule has 0 bridgehead atoms. The number of anilines is 1. The average molecular weight is 239 g/mol. The molecule has 0 saturated carbocycles. The lowest BCUT2D eigenvalue weighted by molar-refractivity contribution is 0.870. The standard InChI is InChI=1S/C13H13N5/c1-2-12-15-5-6-18(12)13-10-4-3-9(14)7-11(10)16-8-17-13/h3-8H,2,14H2,1H3. The normalized spacial score (nSPS) is 10.9. The van der Waals surface area contributed by atoms with Gasteiger partial charge in [-0.25, -0.2) is 15.0 Å². The van der Waals surface area contributed by atoms with Crippen LogP contribution in [0.15, 0.2) is 36.9 Å². The molecule has 2 aromatic heterocycles. The van der Waals surface area contributed by atoms with Gasteiger partial charge in [-0.05, 0) is 18.2 Å². The Hall–Kier alpha value is -2.43. The van der Waals surface area contributed by atoms with Gasteiger partial charge in [-0.2, -0.15) is 0 Å². The summed E-state index contributed by atoms with van der Waals surface area (Å²) >= 11 is 0. The Bertz CT molecular complexity index is 701. The molecule has 5 nitrogen and oxygen atoms in total. The number of fused-ring (bicyclic) bond motifs is 1. The fourth-order valence-electron chi connectivity index (χ4n) is 2.04. The number of hydrogen-bond donors (Lipinski definition) is 1. The van der Waals surface area contributed by atoms with E-state index < -0.39 is 0 Å². The van der Waals surface area contributed by atoms with E-state index in [4.69, 9.17) is 5.73 Å². The maximum absolute atomic E-state index is 5.77. The summed E-state index contributed by atoms with van der Waals surface area (Å²) in [7, 11) is 0. The summed E-state index contributed by atoms with van der Waals surface area (Å²) in [6, 6.07) is 5.65. The van der Waals surface area contributed by atoms with Crippen molar-refractivity contribution < 1.29 is 0 Å². The number of benzene rings is 1. The maximum atomic E-state index is 5.77. The van der Waals surface area contributed by atoms with E-state index in [1.807, 2.05) is 29.0 Å². The lowest BCUT2D eigenvalue weighted by Crippen LogP contribution is -2.03. The molecular formula is C13H13N5. The highest BCUT2D eigenvalue weighted by molar-refractivity contribution is 5.87. The van der Waals surface area contributed by atoms with E-state index in [0.29, 0.717) is 5.69 Å². The lowest BCUT2D eigenvalue weighted by Gasteiger charge is -2.08. The van der Waals surface area contributed by atoms with E-state index >= 15 is 0 Å². The van der Waals surface area contributed by atoms with E-state index in [-0.39, 0.29) is 0 Å². The molecule has 0 aliphatic heterocycles. The monoisotopic (exact) mass is 239 g/mol. The zero-order valence-electron chi connectivity index (χ0n) is 10.0. The van der Waals surface area contributed by atoms with E-state index in [2.05, 4.69) is 21.9 Å². The van der Waals surface area contributed by atoms with Crippen molar-refractivity contribution in [1.29, 1.82) is 0 Å². The van der Waals surface area contributed by atoms with Gasteiger partial charge in [-0.15, -0.1) is 0 Å². The first-order chi connectivity index (χ1) is 8.79. The molecule has 3 rings (SSSR count). The van der Waals surface area contributed by atoms with Crippen LogP contribution in [0.3, 0.4) is 0 Å². The summed E-state index contributed by atoms with van der Waals surface area (Å²) in [6.45, 7) is 2.07. The van der Waals surface area contributed by atoms with Crippen LogP contribution in [0.25, 0.3) is 16.7 Å². The van der Waals surface area contributed by atoms with E-state index in [1.165, 1.54) is 0 Å². The molecular weight excluding hydrogens is 226 g/mol. The SMILES string of the molecule is CCc1nccn1-c1ncnc2cc(N)ccc12. The number of aryl methyl sites for hydroxylation is 1. The number of hydrogen-bond acceptors (Lipinski definition) is 4. The molecule has 0 aliphatic rings. The van der Waals surface area contributed by atoms with Gasteiger partial charge in [0.25, 0.3) is 0 Å². The smallest absolute Gasteiger partial charge is 0.149 e. The van der Waals surface area contributed by atoms with Crippen LogP contribution in [0.1, 0.15) is 12.7 Å². The highest BCUT2D eigenvalue weighted by atomic mass is 15.1. The molecule has 0 atom stereocenters. The minimum Gasteiger partial charge on any atom is -0.399 e. The minimum absolute atomic E-state index is 0.702. The summed E-state index contributed by atoms with van der Waals surface area (Å²) in [5.74, 6) is 1.82. The molecule has 2 N–H and O–H groups in total. The fraction of sp³-hybridized carbons (Fsp3) is 0.154. The number of nitrogens with two attached hydrogens (primary N) is 1. The molecule has 0 aliphatic carbocycles. The second kappa shape index (κ2) is 4.10. The van der Waals surface area contributed by atoms with Crippen molar-refractivity contribution in [2.45, 2.75) is 13.3 Å². The van der Waals surface area contributed by atoms with E-state index in [0.717, 1.165) is 29.0 Å².